The highest BCUT2D eigenvalue weighted by Gasteiger charge is 2.95. The average molecular weight is 696 g/mol. The molecule has 0 atom stereocenters. The molecule has 0 saturated carbocycles. The second-order valence-electron chi connectivity index (χ2n) is 8.71. The van der Waals surface area contributed by atoms with Crippen molar-refractivity contribution in [3.05, 3.63) is 29.3 Å². The largest absolute Gasteiger partial charge is 0.496 e. The number of methoxy groups -OCH3 is 2. The Kier molecular flexibility index (Phi) is 10.9. The van der Waals surface area contributed by atoms with Gasteiger partial charge in [-0.05, 0) is 25.1 Å². The maximum atomic E-state index is 14.0. The van der Waals surface area contributed by atoms with Gasteiger partial charge in [-0.1, -0.05) is 0 Å². The minimum absolute atomic E-state index is 0.0820. The van der Waals surface area contributed by atoms with Crippen molar-refractivity contribution in [3.8, 4) is 11.5 Å². The molecule has 22 heteroatoms. The Bertz CT molecular complexity index is 1290. The molecule has 45 heavy (non-hydrogen) atoms. The number of hydrogen-bond acceptors (Lipinski definition) is 5. The van der Waals surface area contributed by atoms with Gasteiger partial charge >= 0.3 is 53.6 Å². The molecule has 0 amide bonds. The van der Waals surface area contributed by atoms with Gasteiger partial charge in [0.25, 0.3) is 0 Å². The van der Waals surface area contributed by atoms with E-state index in [-0.39, 0.29) is 22.6 Å². The quantitative estimate of drug-likeness (QED) is 0.0859. The smallest absolute Gasteiger partial charge is 0.460 e. The Labute approximate surface area is 239 Å². The van der Waals surface area contributed by atoms with Crippen LogP contribution in [0.15, 0.2) is 18.2 Å². The van der Waals surface area contributed by atoms with Gasteiger partial charge in [0.15, 0.2) is 5.78 Å². The third-order valence-electron chi connectivity index (χ3n) is 5.79. The molecule has 0 aliphatic carbocycles. The number of ketones is 1. The van der Waals surface area contributed by atoms with Crippen molar-refractivity contribution >= 4 is 17.8 Å². The molecule has 5 nitrogen and oxygen atoms in total. The number of Topliss-reactive ketones (excluding diaryl/α,β-unsaturated/α-hetero) is 1. The monoisotopic (exact) mass is 696 g/mol. The average Bonchev–Trinajstić information content (AvgIpc) is 2.89. The molecule has 0 aliphatic heterocycles. The molecule has 258 valence electrons. The van der Waals surface area contributed by atoms with Crippen molar-refractivity contribution in [2.24, 2.45) is 0 Å². The van der Waals surface area contributed by atoms with Crippen molar-refractivity contribution < 1.29 is 98.4 Å². The van der Waals surface area contributed by atoms with Crippen LogP contribution < -0.4 is 9.47 Å². The molecule has 0 radical (unpaired) electrons. The van der Waals surface area contributed by atoms with Crippen LogP contribution in [0.1, 0.15) is 29.3 Å². The van der Waals surface area contributed by atoms with Gasteiger partial charge in [-0.15, -0.1) is 0 Å². The molecule has 0 N–H and O–H groups in total. The zero-order chi connectivity index (χ0) is 35.8. The van der Waals surface area contributed by atoms with Gasteiger partial charge in [-0.25, -0.2) is 4.79 Å². The summed E-state index contributed by atoms with van der Waals surface area (Å²) in [7, 11) is 2.21. The fourth-order valence-electron chi connectivity index (χ4n) is 3.29. The van der Waals surface area contributed by atoms with E-state index in [9.17, 15) is 84.2 Å². The highest BCUT2D eigenvalue weighted by atomic mass is 19.4. The summed E-state index contributed by atoms with van der Waals surface area (Å²) in [5.41, 5.74) is -0.445. The summed E-state index contributed by atoms with van der Waals surface area (Å²) >= 11 is 0. The van der Waals surface area contributed by atoms with Crippen molar-refractivity contribution in [2.75, 3.05) is 20.8 Å². The third-order valence-corrected chi connectivity index (χ3v) is 5.79. The first-order valence-electron chi connectivity index (χ1n) is 11.3. The fourth-order valence-corrected chi connectivity index (χ4v) is 3.29. The summed E-state index contributed by atoms with van der Waals surface area (Å²) in [6, 6.07) is 2.45. The van der Waals surface area contributed by atoms with E-state index in [1.165, 1.54) is 12.1 Å². The minimum Gasteiger partial charge on any atom is -0.496 e. The lowest BCUT2D eigenvalue weighted by atomic mass is 9.88. The molecular formula is C23H17F17O5. The highest BCUT2D eigenvalue weighted by Crippen LogP contribution is 2.64. The van der Waals surface area contributed by atoms with Gasteiger partial charge in [0.1, 0.15) is 11.5 Å². The first kappa shape index (κ1) is 39.5. The molecule has 0 heterocycles. The Balaban J connectivity index is 3.29. The van der Waals surface area contributed by atoms with Gasteiger partial charge in [0.2, 0.25) is 0 Å². The zero-order valence-electron chi connectivity index (χ0n) is 22.2. The zero-order valence-corrected chi connectivity index (χ0v) is 22.2. The Morgan fingerprint density at radius 1 is 0.644 bits per heavy atom. The molecule has 0 aromatic heterocycles. The molecule has 0 bridgehead atoms. The van der Waals surface area contributed by atoms with Gasteiger partial charge in [-0.2, -0.15) is 74.6 Å². The number of esters is 1. The summed E-state index contributed by atoms with van der Waals surface area (Å²) in [5.74, 6) is -60.0. The number of halogens is 17. The van der Waals surface area contributed by atoms with Crippen molar-refractivity contribution in [2.45, 2.75) is 61.0 Å². The first-order valence-corrected chi connectivity index (χ1v) is 11.3. The topological polar surface area (TPSA) is 61.8 Å². The summed E-state index contributed by atoms with van der Waals surface area (Å²) in [6.07, 6.45) is -9.76. The predicted molar refractivity (Wildman–Crippen MR) is 115 cm³/mol. The van der Waals surface area contributed by atoms with E-state index in [0.29, 0.717) is 6.08 Å². The number of carbonyl (C=O) groups is 2. The maximum absolute atomic E-state index is 14.0. The van der Waals surface area contributed by atoms with E-state index in [0.717, 1.165) is 27.2 Å². The van der Waals surface area contributed by atoms with Crippen LogP contribution in [0.5, 0.6) is 11.5 Å². The number of benzene rings is 1. The lowest BCUT2D eigenvalue weighted by Crippen LogP contribution is -2.74. The number of alkyl halides is 17. The van der Waals surface area contributed by atoms with Crippen LogP contribution in [0.4, 0.5) is 74.6 Å². The van der Waals surface area contributed by atoms with E-state index in [4.69, 9.17) is 9.47 Å². The summed E-state index contributed by atoms with van der Waals surface area (Å²) in [5, 5.41) is 0. The molecule has 1 aromatic rings. The van der Waals surface area contributed by atoms with Crippen molar-refractivity contribution in [3.63, 3.8) is 0 Å². The van der Waals surface area contributed by atoms with E-state index in [1.807, 2.05) is 0 Å². The van der Waals surface area contributed by atoms with E-state index in [1.54, 1.807) is 0 Å². The van der Waals surface area contributed by atoms with Gasteiger partial charge in [0, 0.05) is 11.6 Å². The van der Waals surface area contributed by atoms with Crippen LogP contribution in [0.3, 0.4) is 0 Å². The molecule has 1 aromatic carbocycles. The van der Waals surface area contributed by atoms with Crippen molar-refractivity contribution in [1.82, 2.24) is 0 Å². The third kappa shape index (κ3) is 6.45. The minimum atomic E-state index is -8.74. The number of carbonyl (C=O) groups excluding carboxylic acids is 2. The van der Waals surface area contributed by atoms with Gasteiger partial charge in [0.05, 0.1) is 32.8 Å². The van der Waals surface area contributed by atoms with E-state index in [2.05, 4.69) is 4.74 Å². The molecular weight excluding hydrogens is 679 g/mol. The van der Waals surface area contributed by atoms with Gasteiger partial charge in [-0.3, -0.25) is 4.79 Å². The van der Waals surface area contributed by atoms with E-state index >= 15 is 0 Å². The lowest BCUT2D eigenvalue weighted by molar-refractivity contribution is -0.461. The normalized spacial score (nSPS) is 14.5. The summed E-state index contributed by atoms with van der Waals surface area (Å²) in [6.45, 7) is -1.10. The van der Waals surface area contributed by atoms with Crippen LogP contribution in [-0.2, 0) is 9.53 Å². The maximum Gasteiger partial charge on any atom is 0.460 e. The standard InChI is InChI=1S/C23H17F17O5/c1-10(41)15-11(12(43-2)5-6-13(15)44-3)4-7-14(42)45-9-8-16(24,25)17(26,27)18(28,29)19(30,31)20(32,33)21(34,35)22(36,37)23(38,39)40/h4-7H,8-9H2,1-3H3/b7-4+. The number of hydrogen-bond donors (Lipinski definition) is 0. The van der Waals surface area contributed by atoms with Crippen molar-refractivity contribution in [1.29, 1.82) is 0 Å². The number of ether oxygens (including phenoxy) is 3. The van der Waals surface area contributed by atoms with E-state index < -0.39 is 72.4 Å². The molecule has 0 fully saturated rings. The van der Waals surface area contributed by atoms with Crippen LogP contribution in [0.25, 0.3) is 6.08 Å². The predicted octanol–water partition coefficient (Wildman–Crippen LogP) is 7.86. The Hall–Kier alpha value is -3.49. The highest BCUT2D eigenvalue weighted by molar-refractivity contribution is 6.02. The molecule has 0 aliphatic rings. The van der Waals surface area contributed by atoms with Gasteiger partial charge < -0.3 is 14.2 Å². The molecule has 0 spiro atoms. The first-order chi connectivity index (χ1) is 19.9. The lowest BCUT2D eigenvalue weighted by Gasteiger charge is -2.42. The van der Waals surface area contributed by atoms with Crippen LogP contribution in [0.2, 0.25) is 0 Å². The van der Waals surface area contributed by atoms with Crippen LogP contribution >= 0.6 is 0 Å². The van der Waals surface area contributed by atoms with Crippen LogP contribution in [-0.4, -0.2) is 80.2 Å². The molecule has 0 saturated heterocycles. The SMILES string of the molecule is COc1ccc(OC)c(C(C)=O)c1/C=C/C(=O)OCCC(F)(F)C(F)(F)C(F)(F)C(F)(F)C(F)(F)C(F)(F)C(F)(F)C(F)(F)F. The summed E-state index contributed by atoms with van der Waals surface area (Å²) in [4.78, 5) is 23.8. The summed E-state index contributed by atoms with van der Waals surface area (Å²) < 4.78 is 240. The molecule has 0 unspecified atom stereocenters. The van der Waals surface area contributed by atoms with Crippen LogP contribution in [0, 0.1) is 0 Å². The number of rotatable bonds is 14. The Morgan fingerprint density at radius 2 is 1.04 bits per heavy atom. The second-order valence-corrected chi connectivity index (χ2v) is 8.71. The fraction of sp³-hybridized carbons (Fsp3) is 0.565. The Morgan fingerprint density at radius 3 is 1.44 bits per heavy atom. The second kappa shape index (κ2) is 12.4. The molecule has 1 rings (SSSR count).